The van der Waals surface area contributed by atoms with Gasteiger partial charge in [-0.1, -0.05) is 49.4 Å². The number of aryl methyl sites for hydroxylation is 2. The second-order valence-electron chi connectivity index (χ2n) is 5.07. The van der Waals surface area contributed by atoms with Gasteiger partial charge < -0.3 is 0 Å². The molecule has 106 valence electrons. The molecule has 0 radical (unpaired) electrons. The molecule has 0 aliphatic heterocycles. The van der Waals surface area contributed by atoms with Crippen LogP contribution in [0.2, 0.25) is 0 Å². The molecule has 3 N–H and O–H groups in total. The summed E-state index contributed by atoms with van der Waals surface area (Å²) in [6.45, 7) is 4.31. The second kappa shape index (κ2) is 7.20. The van der Waals surface area contributed by atoms with Crippen LogP contribution in [0.5, 0.6) is 0 Å². The number of benzene rings is 2. The minimum Gasteiger partial charge on any atom is -0.271 e. The molecule has 0 amide bonds. The molecule has 0 heterocycles. The van der Waals surface area contributed by atoms with E-state index >= 15 is 0 Å². The molecule has 0 saturated carbocycles. The van der Waals surface area contributed by atoms with Crippen molar-refractivity contribution >= 4 is 22.6 Å². The fourth-order valence-electron chi connectivity index (χ4n) is 2.34. The molecule has 20 heavy (non-hydrogen) atoms. The summed E-state index contributed by atoms with van der Waals surface area (Å²) in [5.41, 5.74) is 8.20. The molecule has 0 fully saturated rings. The molecule has 0 aliphatic rings. The molecular weight excluding hydrogens is 359 g/mol. The smallest absolute Gasteiger partial charge is 0.0510 e. The molecule has 1 atom stereocenters. The number of hydrazine groups is 1. The van der Waals surface area contributed by atoms with E-state index in [0.29, 0.717) is 0 Å². The number of hydrogen-bond donors (Lipinski definition) is 2. The minimum atomic E-state index is 0.147. The normalized spacial score (nSPS) is 12.4. The highest BCUT2D eigenvalue weighted by Gasteiger charge is 2.14. The van der Waals surface area contributed by atoms with Gasteiger partial charge in [-0.15, -0.1) is 0 Å². The Bertz CT molecular complexity index is 564. The van der Waals surface area contributed by atoms with E-state index in [1.54, 1.807) is 0 Å². The minimum absolute atomic E-state index is 0.147. The van der Waals surface area contributed by atoms with Crippen molar-refractivity contribution in [3.8, 4) is 0 Å². The van der Waals surface area contributed by atoms with Gasteiger partial charge in [-0.3, -0.25) is 11.3 Å². The average Bonchev–Trinajstić information content (AvgIpc) is 2.48. The van der Waals surface area contributed by atoms with E-state index in [4.69, 9.17) is 5.84 Å². The highest BCUT2D eigenvalue weighted by molar-refractivity contribution is 14.1. The Labute approximate surface area is 134 Å². The van der Waals surface area contributed by atoms with Crippen molar-refractivity contribution in [2.75, 3.05) is 0 Å². The molecule has 0 aliphatic carbocycles. The van der Waals surface area contributed by atoms with Gasteiger partial charge in [-0.05, 0) is 64.6 Å². The Hall–Kier alpha value is -0.910. The van der Waals surface area contributed by atoms with Gasteiger partial charge >= 0.3 is 0 Å². The third-order valence-electron chi connectivity index (χ3n) is 3.67. The van der Waals surface area contributed by atoms with Gasteiger partial charge in [0.25, 0.3) is 0 Å². The zero-order valence-corrected chi connectivity index (χ0v) is 14.1. The van der Waals surface area contributed by atoms with Crippen LogP contribution in [0.15, 0.2) is 42.5 Å². The van der Waals surface area contributed by atoms with Gasteiger partial charge in [-0.2, -0.15) is 0 Å². The lowest BCUT2D eigenvalue weighted by atomic mass is 9.97. The third kappa shape index (κ3) is 3.59. The van der Waals surface area contributed by atoms with Crippen molar-refractivity contribution in [1.82, 2.24) is 5.43 Å². The predicted molar refractivity (Wildman–Crippen MR) is 93.5 cm³/mol. The molecule has 2 rings (SSSR count). The highest BCUT2D eigenvalue weighted by Crippen LogP contribution is 2.25. The van der Waals surface area contributed by atoms with Crippen molar-refractivity contribution in [2.24, 2.45) is 5.84 Å². The summed E-state index contributed by atoms with van der Waals surface area (Å²) in [5.74, 6) is 5.77. The first-order valence-electron chi connectivity index (χ1n) is 6.94. The SMILES string of the molecule is CCc1ccc(CC(NN)c2cccc(C)c2I)cc1. The summed E-state index contributed by atoms with van der Waals surface area (Å²) in [7, 11) is 0. The van der Waals surface area contributed by atoms with E-state index in [2.05, 4.69) is 84.3 Å². The summed E-state index contributed by atoms with van der Waals surface area (Å²) >= 11 is 2.40. The average molecular weight is 380 g/mol. The first kappa shape index (κ1) is 15.5. The second-order valence-corrected chi connectivity index (χ2v) is 6.15. The number of rotatable bonds is 5. The van der Waals surface area contributed by atoms with Crippen molar-refractivity contribution in [3.05, 3.63) is 68.3 Å². The van der Waals surface area contributed by atoms with Crippen LogP contribution >= 0.6 is 22.6 Å². The molecular formula is C17H21IN2. The van der Waals surface area contributed by atoms with Gasteiger partial charge in [0.2, 0.25) is 0 Å². The Balaban J connectivity index is 2.21. The number of halogens is 1. The van der Waals surface area contributed by atoms with E-state index in [9.17, 15) is 0 Å². The lowest BCUT2D eigenvalue weighted by Gasteiger charge is -2.19. The van der Waals surface area contributed by atoms with E-state index in [1.165, 1.54) is 25.8 Å². The molecule has 2 aromatic rings. The van der Waals surface area contributed by atoms with Crippen LogP contribution in [-0.2, 0) is 12.8 Å². The highest BCUT2D eigenvalue weighted by atomic mass is 127. The van der Waals surface area contributed by atoms with Crippen LogP contribution in [0.4, 0.5) is 0 Å². The fraction of sp³-hybridized carbons (Fsp3) is 0.294. The molecule has 1 unspecified atom stereocenters. The van der Waals surface area contributed by atoms with Crippen molar-refractivity contribution in [1.29, 1.82) is 0 Å². The van der Waals surface area contributed by atoms with E-state index in [1.807, 2.05) is 0 Å². The van der Waals surface area contributed by atoms with Crippen LogP contribution in [0.1, 0.15) is 35.2 Å². The summed E-state index contributed by atoms with van der Waals surface area (Å²) in [4.78, 5) is 0. The van der Waals surface area contributed by atoms with Crippen LogP contribution in [-0.4, -0.2) is 0 Å². The van der Waals surface area contributed by atoms with Crippen LogP contribution in [0.25, 0.3) is 0 Å². The summed E-state index contributed by atoms with van der Waals surface area (Å²) < 4.78 is 1.29. The Morgan fingerprint density at radius 3 is 2.35 bits per heavy atom. The molecule has 0 aromatic heterocycles. The van der Waals surface area contributed by atoms with E-state index in [0.717, 1.165) is 12.8 Å². The van der Waals surface area contributed by atoms with Gasteiger partial charge in [0, 0.05) is 3.57 Å². The van der Waals surface area contributed by atoms with Crippen LogP contribution in [0, 0.1) is 10.5 Å². The maximum absolute atomic E-state index is 5.77. The largest absolute Gasteiger partial charge is 0.271 e. The summed E-state index contributed by atoms with van der Waals surface area (Å²) in [6, 6.07) is 15.3. The maximum Gasteiger partial charge on any atom is 0.0510 e. The number of nitrogens with two attached hydrogens (primary N) is 1. The zero-order chi connectivity index (χ0) is 14.5. The van der Waals surface area contributed by atoms with Gasteiger partial charge in [0.15, 0.2) is 0 Å². The van der Waals surface area contributed by atoms with Crippen molar-refractivity contribution in [2.45, 2.75) is 32.7 Å². The van der Waals surface area contributed by atoms with E-state index in [-0.39, 0.29) is 6.04 Å². The lowest BCUT2D eigenvalue weighted by Crippen LogP contribution is -2.30. The number of nitrogens with one attached hydrogen (secondary N) is 1. The fourth-order valence-corrected chi connectivity index (χ4v) is 3.08. The van der Waals surface area contributed by atoms with Crippen LogP contribution < -0.4 is 11.3 Å². The van der Waals surface area contributed by atoms with Gasteiger partial charge in [-0.25, -0.2) is 0 Å². The molecule has 2 nitrogen and oxygen atoms in total. The van der Waals surface area contributed by atoms with E-state index < -0.39 is 0 Å². The topological polar surface area (TPSA) is 38.0 Å². The summed E-state index contributed by atoms with van der Waals surface area (Å²) in [6.07, 6.45) is 1.98. The molecule has 0 bridgehead atoms. The van der Waals surface area contributed by atoms with Crippen molar-refractivity contribution < 1.29 is 0 Å². The molecule has 3 heteroatoms. The monoisotopic (exact) mass is 380 g/mol. The Morgan fingerprint density at radius 2 is 1.75 bits per heavy atom. The molecule has 2 aromatic carbocycles. The Morgan fingerprint density at radius 1 is 1.10 bits per heavy atom. The zero-order valence-electron chi connectivity index (χ0n) is 12.0. The molecule has 0 saturated heterocycles. The quantitative estimate of drug-likeness (QED) is 0.469. The van der Waals surface area contributed by atoms with Crippen LogP contribution in [0.3, 0.4) is 0 Å². The Kier molecular flexibility index (Phi) is 5.57. The van der Waals surface area contributed by atoms with Gasteiger partial charge in [0.1, 0.15) is 0 Å². The predicted octanol–water partition coefficient (Wildman–Crippen LogP) is 3.91. The maximum atomic E-state index is 5.77. The third-order valence-corrected chi connectivity index (χ3v) is 5.14. The summed E-state index contributed by atoms with van der Waals surface area (Å²) in [5, 5.41) is 0. The standard InChI is InChI=1S/C17H21IN2/c1-3-13-7-9-14(10-8-13)11-16(20-19)15-6-4-5-12(2)17(15)18/h4-10,16,20H,3,11,19H2,1-2H3. The first-order valence-corrected chi connectivity index (χ1v) is 8.02. The molecule has 0 spiro atoms. The lowest BCUT2D eigenvalue weighted by molar-refractivity contribution is 0.549. The van der Waals surface area contributed by atoms with Crippen molar-refractivity contribution in [3.63, 3.8) is 0 Å². The number of hydrogen-bond acceptors (Lipinski definition) is 2. The first-order chi connectivity index (χ1) is 9.65. The van der Waals surface area contributed by atoms with Gasteiger partial charge in [0.05, 0.1) is 6.04 Å².